The molecule has 6 heteroatoms. The Hall–Kier alpha value is -1.69. The third kappa shape index (κ3) is 8.06. The lowest BCUT2D eigenvalue weighted by Gasteiger charge is -2.36. The quantitative estimate of drug-likeness (QED) is 0.415. The standard InChI is InChI=1S/C25H39NO5/c27-20-11-4-2-1-3-5-13-21-14-10-15-22(31-21)19-24(28)26-17-8-6-16-23(26)25(29)30-18-9-7-12-20/h2,4,21-23H,1,3,5-19H2. The van der Waals surface area contributed by atoms with Gasteiger partial charge in [0.25, 0.3) is 0 Å². The fraction of sp³-hybridized carbons (Fsp3) is 0.800. The van der Waals surface area contributed by atoms with E-state index in [2.05, 4.69) is 6.08 Å². The summed E-state index contributed by atoms with van der Waals surface area (Å²) in [5.41, 5.74) is 0. The molecule has 3 aliphatic rings. The predicted octanol–water partition coefficient (Wildman–Crippen LogP) is 4.50. The molecule has 3 atom stereocenters. The van der Waals surface area contributed by atoms with Gasteiger partial charge >= 0.3 is 5.97 Å². The average Bonchev–Trinajstić information content (AvgIpc) is 2.77. The first-order valence-corrected chi connectivity index (χ1v) is 12.4. The smallest absolute Gasteiger partial charge is 0.328 e. The molecule has 174 valence electrons. The van der Waals surface area contributed by atoms with Crippen molar-refractivity contribution in [2.45, 2.75) is 115 Å². The highest BCUT2D eigenvalue weighted by Crippen LogP contribution is 2.27. The second-order valence-electron chi connectivity index (χ2n) is 9.24. The molecule has 6 nitrogen and oxygen atoms in total. The van der Waals surface area contributed by atoms with E-state index in [4.69, 9.17) is 9.47 Å². The van der Waals surface area contributed by atoms with Gasteiger partial charge in [-0.3, -0.25) is 9.59 Å². The van der Waals surface area contributed by atoms with Gasteiger partial charge in [0, 0.05) is 19.4 Å². The van der Waals surface area contributed by atoms with Gasteiger partial charge in [-0.2, -0.15) is 0 Å². The Kier molecular flexibility index (Phi) is 10.0. The van der Waals surface area contributed by atoms with Crippen molar-refractivity contribution in [3.63, 3.8) is 0 Å². The maximum absolute atomic E-state index is 13.0. The van der Waals surface area contributed by atoms with Gasteiger partial charge in [0.15, 0.2) is 0 Å². The normalized spacial score (nSPS) is 30.8. The SMILES string of the molecule is O=C1CC=CCCCCC2CCCC(CC(=O)N3CCCCC3C(=O)OCCCC1)O2. The summed E-state index contributed by atoms with van der Waals surface area (Å²) in [4.78, 5) is 39.4. The van der Waals surface area contributed by atoms with E-state index >= 15 is 0 Å². The van der Waals surface area contributed by atoms with Crippen molar-refractivity contribution in [2.75, 3.05) is 13.2 Å². The second kappa shape index (κ2) is 13.0. The third-order valence-electron chi connectivity index (χ3n) is 6.69. The summed E-state index contributed by atoms with van der Waals surface area (Å²) in [5.74, 6) is -0.0382. The van der Waals surface area contributed by atoms with Crippen LogP contribution in [0.5, 0.6) is 0 Å². The summed E-state index contributed by atoms with van der Waals surface area (Å²) in [6, 6.07) is -0.471. The Morgan fingerprint density at radius 2 is 1.61 bits per heavy atom. The van der Waals surface area contributed by atoms with Crippen LogP contribution < -0.4 is 0 Å². The van der Waals surface area contributed by atoms with Gasteiger partial charge in [0.05, 0.1) is 25.2 Å². The van der Waals surface area contributed by atoms with Crippen LogP contribution in [0.3, 0.4) is 0 Å². The van der Waals surface area contributed by atoms with Crippen LogP contribution in [0.1, 0.15) is 96.3 Å². The first-order chi connectivity index (χ1) is 15.1. The number of carbonyl (C=O) groups is 3. The fourth-order valence-corrected chi connectivity index (χ4v) is 4.89. The van der Waals surface area contributed by atoms with Crippen molar-refractivity contribution in [3.8, 4) is 0 Å². The van der Waals surface area contributed by atoms with Crippen LogP contribution >= 0.6 is 0 Å². The maximum Gasteiger partial charge on any atom is 0.328 e. The van der Waals surface area contributed by atoms with E-state index in [1.54, 1.807) is 4.90 Å². The van der Waals surface area contributed by atoms with Crippen molar-refractivity contribution in [1.29, 1.82) is 0 Å². The summed E-state index contributed by atoms with van der Waals surface area (Å²) in [6.45, 7) is 0.935. The number of hydrogen-bond donors (Lipinski definition) is 0. The molecule has 0 aromatic rings. The molecular weight excluding hydrogens is 394 g/mol. The largest absolute Gasteiger partial charge is 0.464 e. The molecule has 0 spiro atoms. The highest BCUT2D eigenvalue weighted by atomic mass is 16.5. The van der Waals surface area contributed by atoms with Crippen LogP contribution in [0.25, 0.3) is 0 Å². The lowest BCUT2D eigenvalue weighted by molar-refractivity contribution is -0.159. The van der Waals surface area contributed by atoms with Crippen LogP contribution in [-0.4, -0.2) is 54.0 Å². The monoisotopic (exact) mass is 433 g/mol. The molecule has 0 radical (unpaired) electrons. The molecule has 2 saturated heterocycles. The average molecular weight is 434 g/mol. The number of cyclic esters (lactones) is 1. The van der Waals surface area contributed by atoms with Crippen molar-refractivity contribution in [3.05, 3.63) is 12.2 Å². The van der Waals surface area contributed by atoms with Gasteiger partial charge in [-0.1, -0.05) is 18.6 Å². The molecule has 0 N–H and O–H groups in total. The van der Waals surface area contributed by atoms with Crippen molar-refractivity contribution in [1.82, 2.24) is 4.90 Å². The lowest BCUT2D eigenvalue weighted by atomic mass is 9.96. The molecule has 2 fully saturated rings. The van der Waals surface area contributed by atoms with E-state index in [1.807, 2.05) is 6.08 Å². The Morgan fingerprint density at radius 1 is 0.806 bits per heavy atom. The molecule has 2 bridgehead atoms. The van der Waals surface area contributed by atoms with Gasteiger partial charge in [-0.15, -0.1) is 0 Å². The van der Waals surface area contributed by atoms with Crippen molar-refractivity contribution < 1.29 is 23.9 Å². The van der Waals surface area contributed by atoms with E-state index in [0.717, 1.165) is 64.2 Å². The molecule has 3 unspecified atom stereocenters. The van der Waals surface area contributed by atoms with E-state index in [9.17, 15) is 14.4 Å². The van der Waals surface area contributed by atoms with Crippen LogP contribution in [0.15, 0.2) is 12.2 Å². The first kappa shape index (κ1) is 24.0. The molecule has 3 aliphatic heterocycles. The Labute approximate surface area is 186 Å². The highest BCUT2D eigenvalue weighted by molar-refractivity contribution is 5.85. The van der Waals surface area contributed by atoms with Crippen LogP contribution in [0, 0.1) is 0 Å². The second-order valence-corrected chi connectivity index (χ2v) is 9.24. The number of Topliss-reactive ketones (excluding diaryl/α,β-unsaturated/α-hetero) is 1. The summed E-state index contributed by atoms with van der Waals surface area (Å²) >= 11 is 0. The summed E-state index contributed by atoms with van der Waals surface area (Å²) in [5, 5.41) is 0. The number of ether oxygens (including phenoxy) is 2. The number of nitrogens with zero attached hydrogens (tertiary/aromatic N) is 1. The van der Waals surface area contributed by atoms with Gasteiger partial charge in [-0.05, 0) is 70.6 Å². The zero-order valence-corrected chi connectivity index (χ0v) is 18.9. The van der Waals surface area contributed by atoms with Gasteiger partial charge < -0.3 is 14.4 Å². The highest BCUT2D eigenvalue weighted by Gasteiger charge is 2.35. The van der Waals surface area contributed by atoms with Gasteiger partial charge in [-0.25, -0.2) is 4.79 Å². The summed E-state index contributed by atoms with van der Waals surface area (Å²) < 4.78 is 11.7. The number of carbonyl (C=O) groups excluding carboxylic acids is 3. The van der Waals surface area contributed by atoms with Gasteiger partial charge in [0.2, 0.25) is 5.91 Å². The minimum Gasteiger partial charge on any atom is -0.464 e. The first-order valence-electron chi connectivity index (χ1n) is 12.4. The number of rotatable bonds is 0. The van der Waals surface area contributed by atoms with Crippen molar-refractivity contribution >= 4 is 17.7 Å². The van der Waals surface area contributed by atoms with Crippen LogP contribution in [-0.2, 0) is 23.9 Å². The van der Waals surface area contributed by atoms with E-state index in [1.165, 1.54) is 0 Å². The minimum atomic E-state index is -0.471. The van der Waals surface area contributed by atoms with Gasteiger partial charge in [0.1, 0.15) is 11.8 Å². The molecule has 0 saturated carbocycles. The molecule has 0 aliphatic carbocycles. The molecular formula is C25H39NO5. The molecule has 3 rings (SSSR count). The molecule has 0 aromatic heterocycles. The third-order valence-corrected chi connectivity index (χ3v) is 6.69. The molecule has 3 heterocycles. The molecule has 1 amide bonds. The number of hydrogen-bond acceptors (Lipinski definition) is 5. The Morgan fingerprint density at radius 3 is 2.52 bits per heavy atom. The predicted molar refractivity (Wildman–Crippen MR) is 119 cm³/mol. The van der Waals surface area contributed by atoms with E-state index in [0.29, 0.717) is 45.3 Å². The Balaban J connectivity index is 1.60. The van der Waals surface area contributed by atoms with Crippen LogP contribution in [0.4, 0.5) is 0 Å². The zero-order chi connectivity index (χ0) is 21.9. The molecule has 31 heavy (non-hydrogen) atoms. The van der Waals surface area contributed by atoms with Crippen molar-refractivity contribution in [2.24, 2.45) is 0 Å². The topological polar surface area (TPSA) is 72.9 Å². The summed E-state index contributed by atoms with van der Waals surface area (Å²) in [7, 11) is 0. The maximum atomic E-state index is 13.0. The van der Waals surface area contributed by atoms with E-state index < -0.39 is 6.04 Å². The lowest BCUT2D eigenvalue weighted by Crippen LogP contribution is -2.49. The number of ketones is 1. The van der Waals surface area contributed by atoms with E-state index in [-0.39, 0.29) is 29.9 Å². The minimum absolute atomic E-state index is 0.0222. The number of esters is 1. The van der Waals surface area contributed by atoms with Crippen LogP contribution in [0.2, 0.25) is 0 Å². The number of allylic oxidation sites excluding steroid dienone is 2. The number of piperidine rings is 1. The fourth-order valence-electron chi connectivity index (χ4n) is 4.89. The number of fused-ring (bicyclic) bond motifs is 3. The zero-order valence-electron chi connectivity index (χ0n) is 18.9. The summed E-state index contributed by atoms with van der Waals surface area (Å²) in [6.07, 6.45) is 16.9. The Bertz CT molecular complexity index is 631. The number of amides is 1. The molecule has 0 aromatic carbocycles.